The molecule has 0 radical (unpaired) electrons. The van der Waals surface area contributed by atoms with E-state index in [1.807, 2.05) is 55.4 Å². The van der Waals surface area contributed by atoms with Gasteiger partial charge in [-0.15, -0.1) is 0 Å². The summed E-state index contributed by atoms with van der Waals surface area (Å²) in [6, 6.07) is 0. The minimum absolute atomic E-state index is 0.0359. The molecule has 0 heterocycles. The van der Waals surface area contributed by atoms with Crippen LogP contribution in [0, 0.1) is 0 Å². The van der Waals surface area contributed by atoms with E-state index in [0.29, 0.717) is 13.2 Å². The highest BCUT2D eigenvalue weighted by Gasteiger charge is 2.07. The Hall–Kier alpha value is -0.770. The van der Waals surface area contributed by atoms with Crippen LogP contribution in [0.5, 0.6) is 0 Å². The number of hydrogen-bond donors (Lipinski definition) is 1. The highest BCUT2D eigenvalue weighted by Crippen LogP contribution is 2.16. The van der Waals surface area contributed by atoms with Gasteiger partial charge in [-0.1, -0.05) is 74.7 Å². The van der Waals surface area contributed by atoms with Crippen LogP contribution in [-0.2, 0) is 9.47 Å². The van der Waals surface area contributed by atoms with E-state index in [0.717, 1.165) is 12.8 Å². The molecule has 0 saturated heterocycles. The summed E-state index contributed by atoms with van der Waals surface area (Å²) in [5.41, 5.74) is 0. The van der Waals surface area contributed by atoms with E-state index in [9.17, 15) is 4.79 Å². The van der Waals surface area contributed by atoms with E-state index >= 15 is 0 Å². The Morgan fingerprint density at radius 1 is 0.783 bits per heavy atom. The average molecular weight is 339 g/mol. The van der Waals surface area contributed by atoms with Crippen LogP contribution in [-0.4, -0.2) is 30.6 Å². The largest absolute Gasteiger partial charge is 0.508 e. The fourth-order valence-corrected chi connectivity index (χ4v) is 1.36. The van der Waals surface area contributed by atoms with Gasteiger partial charge in [-0.05, 0) is 26.7 Å². The number of carbonyl (C=O) groups is 1. The van der Waals surface area contributed by atoms with Crippen LogP contribution in [0.3, 0.4) is 0 Å². The zero-order valence-corrected chi connectivity index (χ0v) is 17.7. The summed E-state index contributed by atoms with van der Waals surface area (Å²) in [7, 11) is 0. The fraction of sp³-hybridized carbons (Fsp3) is 0.947. The number of hydrogen-bond acceptors (Lipinski definition) is 4. The lowest BCUT2D eigenvalue weighted by atomic mass is 9.98. The molecular weight excluding hydrogens is 292 g/mol. The van der Waals surface area contributed by atoms with Crippen molar-refractivity contribution >= 4 is 6.16 Å². The third kappa shape index (κ3) is 44.9. The van der Waals surface area contributed by atoms with Gasteiger partial charge in [0.05, 0.1) is 19.3 Å². The van der Waals surface area contributed by atoms with Crippen LogP contribution in [0.2, 0.25) is 0 Å². The fourth-order valence-electron chi connectivity index (χ4n) is 1.36. The lowest BCUT2D eigenvalue weighted by molar-refractivity contribution is 0.0630. The molecule has 1 N–H and O–H groups in total. The predicted molar refractivity (Wildman–Crippen MR) is 103 cm³/mol. The van der Waals surface area contributed by atoms with Crippen molar-refractivity contribution in [1.82, 2.24) is 0 Å². The maximum Gasteiger partial charge on any atom is 0.508 e. The average Bonchev–Trinajstić information content (AvgIpc) is 2.64. The summed E-state index contributed by atoms with van der Waals surface area (Å²) in [6.07, 6.45) is 5.34. The SMILES string of the molecule is CC.CC.CC.CC.CCOC(=O)OCC.OC1CCCCC1. The molecule has 4 nitrogen and oxygen atoms in total. The van der Waals surface area contributed by atoms with E-state index in [4.69, 9.17) is 5.11 Å². The summed E-state index contributed by atoms with van der Waals surface area (Å²) in [4.78, 5) is 10.2. The molecule has 1 fully saturated rings. The molecule has 1 rings (SSSR count). The predicted octanol–water partition coefficient (Wildman–Crippen LogP) is 6.60. The van der Waals surface area contributed by atoms with E-state index in [-0.39, 0.29) is 6.10 Å². The summed E-state index contributed by atoms with van der Waals surface area (Å²) < 4.78 is 8.84. The first-order valence-corrected chi connectivity index (χ1v) is 9.68. The molecule has 0 amide bonds. The summed E-state index contributed by atoms with van der Waals surface area (Å²) in [5.74, 6) is 0. The molecule has 0 spiro atoms. The number of aliphatic hydroxyl groups is 1. The monoisotopic (exact) mass is 338 g/mol. The van der Waals surface area contributed by atoms with Crippen LogP contribution in [0.25, 0.3) is 0 Å². The van der Waals surface area contributed by atoms with Crippen molar-refractivity contribution in [2.75, 3.05) is 13.2 Å². The Labute approximate surface area is 147 Å². The first-order chi connectivity index (χ1) is 11.2. The lowest BCUT2D eigenvalue weighted by Crippen LogP contribution is -2.09. The molecule has 1 saturated carbocycles. The van der Waals surface area contributed by atoms with E-state index in [1.165, 1.54) is 19.3 Å². The number of ether oxygens (including phenoxy) is 2. The Bertz CT molecular complexity index is 147. The van der Waals surface area contributed by atoms with E-state index in [2.05, 4.69) is 9.47 Å². The molecule has 0 unspecified atom stereocenters. The van der Waals surface area contributed by atoms with Gasteiger partial charge < -0.3 is 14.6 Å². The first kappa shape index (κ1) is 33.7. The molecule has 0 aromatic carbocycles. The minimum Gasteiger partial charge on any atom is -0.435 e. The van der Waals surface area contributed by atoms with Crippen LogP contribution in [0.4, 0.5) is 4.79 Å². The Morgan fingerprint density at radius 2 is 1.09 bits per heavy atom. The molecule has 0 atom stereocenters. The van der Waals surface area contributed by atoms with Crippen LogP contribution in [0.15, 0.2) is 0 Å². The molecule has 1 aliphatic carbocycles. The topological polar surface area (TPSA) is 55.8 Å². The third-order valence-corrected chi connectivity index (χ3v) is 2.10. The Morgan fingerprint density at radius 3 is 1.26 bits per heavy atom. The van der Waals surface area contributed by atoms with Gasteiger partial charge in [0.1, 0.15) is 0 Å². The first-order valence-electron chi connectivity index (χ1n) is 9.68. The van der Waals surface area contributed by atoms with Gasteiger partial charge in [-0.3, -0.25) is 0 Å². The summed E-state index contributed by atoms with van der Waals surface area (Å²) in [5, 5.41) is 8.91. The number of rotatable bonds is 2. The van der Waals surface area contributed by atoms with Gasteiger partial charge in [-0.25, -0.2) is 4.79 Å². The van der Waals surface area contributed by atoms with Crippen molar-refractivity contribution in [1.29, 1.82) is 0 Å². The van der Waals surface area contributed by atoms with Crippen molar-refractivity contribution in [3.05, 3.63) is 0 Å². The van der Waals surface area contributed by atoms with Crippen LogP contribution >= 0.6 is 0 Å². The zero-order valence-electron chi connectivity index (χ0n) is 17.7. The van der Waals surface area contributed by atoms with Crippen molar-refractivity contribution in [2.24, 2.45) is 0 Å². The second kappa shape index (κ2) is 42.9. The molecule has 0 aromatic rings. The maximum absolute atomic E-state index is 10.2. The van der Waals surface area contributed by atoms with Crippen LogP contribution < -0.4 is 0 Å². The highest BCUT2D eigenvalue weighted by molar-refractivity contribution is 5.59. The van der Waals surface area contributed by atoms with Crippen LogP contribution in [0.1, 0.15) is 101 Å². The molecule has 23 heavy (non-hydrogen) atoms. The molecular formula is C19H46O4. The lowest BCUT2D eigenvalue weighted by Gasteiger charge is -2.14. The van der Waals surface area contributed by atoms with Crippen molar-refractivity contribution < 1.29 is 19.4 Å². The molecule has 146 valence electrons. The van der Waals surface area contributed by atoms with Gasteiger partial charge >= 0.3 is 6.16 Å². The normalized spacial score (nSPS) is 11.6. The molecule has 0 aromatic heterocycles. The van der Waals surface area contributed by atoms with E-state index in [1.54, 1.807) is 13.8 Å². The number of aliphatic hydroxyl groups excluding tert-OH is 1. The Kier molecular flexibility index (Phi) is 63.0. The van der Waals surface area contributed by atoms with Crippen molar-refractivity contribution in [3.63, 3.8) is 0 Å². The van der Waals surface area contributed by atoms with Gasteiger partial charge in [-0.2, -0.15) is 0 Å². The third-order valence-electron chi connectivity index (χ3n) is 2.10. The van der Waals surface area contributed by atoms with Gasteiger partial charge in [0.25, 0.3) is 0 Å². The smallest absolute Gasteiger partial charge is 0.435 e. The quantitative estimate of drug-likeness (QED) is 0.576. The maximum atomic E-state index is 10.2. The van der Waals surface area contributed by atoms with Crippen molar-refractivity contribution in [3.8, 4) is 0 Å². The summed E-state index contributed by atoms with van der Waals surface area (Å²) >= 11 is 0. The van der Waals surface area contributed by atoms with Gasteiger partial charge in [0.2, 0.25) is 0 Å². The highest BCUT2D eigenvalue weighted by atomic mass is 16.7. The summed E-state index contributed by atoms with van der Waals surface area (Å²) in [6.45, 7) is 20.2. The van der Waals surface area contributed by atoms with E-state index < -0.39 is 6.16 Å². The van der Waals surface area contributed by atoms with Gasteiger partial charge in [0, 0.05) is 0 Å². The standard InChI is InChI=1S/C6H12O.C5H10O3.4C2H6/c7-6-4-2-1-3-5-6;1-3-7-5(6)8-4-2;4*1-2/h6-7H,1-5H2;3-4H2,1-2H3;4*1-2H3. The molecule has 1 aliphatic rings. The zero-order chi connectivity index (χ0) is 19.5. The second-order valence-electron chi connectivity index (χ2n) is 3.41. The molecule has 0 aliphatic heterocycles. The second-order valence-corrected chi connectivity index (χ2v) is 3.41. The minimum atomic E-state index is -0.588. The molecule has 0 bridgehead atoms. The van der Waals surface area contributed by atoms with Gasteiger partial charge in [0.15, 0.2) is 0 Å². The van der Waals surface area contributed by atoms with Crippen molar-refractivity contribution in [2.45, 2.75) is 107 Å². The Balaban J connectivity index is -0.0000000657. The number of carbonyl (C=O) groups excluding carboxylic acids is 1. The molecule has 4 heteroatoms.